The summed E-state index contributed by atoms with van der Waals surface area (Å²) in [6.45, 7) is 0. The number of aliphatic imine (C=N–C) groups is 1. The minimum absolute atomic E-state index is 0.0813. The van der Waals surface area contributed by atoms with E-state index in [1.807, 2.05) is 12.1 Å². The van der Waals surface area contributed by atoms with Crippen molar-refractivity contribution in [1.82, 2.24) is 0 Å². The van der Waals surface area contributed by atoms with Crippen molar-refractivity contribution in [3.05, 3.63) is 112 Å². The lowest BCUT2D eigenvalue weighted by atomic mass is 9.77. The van der Waals surface area contributed by atoms with Crippen LogP contribution >= 0.6 is 0 Å². The molecule has 0 unspecified atom stereocenters. The molecule has 0 bridgehead atoms. The quantitative estimate of drug-likeness (QED) is 0.248. The molecule has 0 aromatic heterocycles. The number of allylic oxidation sites excluding steroid dienone is 2. The molecule has 0 saturated carbocycles. The maximum Gasteiger partial charge on any atom is 0.269 e. The van der Waals surface area contributed by atoms with Crippen LogP contribution in [0.2, 0.25) is 0 Å². The summed E-state index contributed by atoms with van der Waals surface area (Å²) in [5, 5.41) is 14.5. The third-order valence-electron chi connectivity index (χ3n) is 5.99. The van der Waals surface area contributed by atoms with Crippen LogP contribution in [0.3, 0.4) is 0 Å². The number of non-ortho nitro benzene ring substituents is 1. The molecule has 30 heavy (non-hydrogen) atoms. The van der Waals surface area contributed by atoms with E-state index in [2.05, 4.69) is 58.9 Å². The van der Waals surface area contributed by atoms with Crippen molar-refractivity contribution in [2.24, 2.45) is 10.9 Å². The summed E-state index contributed by atoms with van der Waals surface area (Å²) in [5.74, 6) is 0.988. The van der Waals surface area contributed by atoms with Gasteiger partial charge in [-0.3, -0.25) is 15.1 Å². The third kappa shape index (κ3) is 3.39. The summed E-state index contributed by atoms with van der Waals surface area (Å²) in [4.78, 5) is 14.9. The summed E-state index contributed by atoms with van der Waals surface area (Å²) in [5.41, 5.74) is 5.63. The first-order valence-electron chi connectivity index (χ1n) is 10.1. The average Bonchev–Trinajstić information content (AvgIpc) is 3.28. The van der Waals surface area contributed by atoms with Gasteiger partial charge >= 0.3 is 0 Å². The van der Waals surface area contributed by atoms with Gasteiger partial charge in [-0.25, -0.2) is 0 Å². The standard InChI is InChI=1S/C25H21N3O2/c29-28(30)20-14-8-17(9-15-20)16-26-19-12-10-18(11-13-19)25-23-6-3-5-21(23)22-4-1-2-7-24(22)27-25/h1-5,7-16,21,23,25,27H,6H2/t21-,23+,25+/m1/s1. The molecule has 2 aliphatic rings. The van der Waals surface area contributed by atoms with Crippen molar-refractivity contribution in [3.8, 4) is 0 Å². The van der Waals surface area contributed by atoms with Crippen LogP contribution in [0.5, 0.6) is 0 Å². The van der Waals surface area contributed by atoms with Crippen LogP contribution < -0.4 is 5.32 Å². The summed E-state index contributed by atoms with van der Waals surface area (Å²) in [7, 11) is 0. The number of anilines is 1. The second-order valence-corrected chi connectivity index (χ2v) is 7.76. The van der Waals surface area contributed by atoms with Crippen LogP contribution in [0.4, 0.5) is 17.1 Å². The first kappa shape index (κ1) is 18.3. The van der Waals surface area contributed by atoms with Gasteiger partial charge in [0.25, 0.3) is 5.69 Å². The van der Waals surface area contributed by atoms with E-state index in [4.69, 9.17) is 0 Å². The van der Waals surface area contributed by atoms with Gasteiger partial charge < -0.3 is 5.32 Å². The first-order valence-corrected chi connectivity index (χ1v) is 10.1. The zero-order chi connectivity index (χ0) is 20.5. The van der Waals surface area contributed by atoms with Gasteiger partial charge in [0.2, 0.25) is 0 Å². The number of nitro groups is 1. The normalized spacial score (nSPS) is 21.8. The van der Waals surface area contributed by atoms with E-state index < -0.39 is 4.92 Å². The highest BCUT2D eigenvalue weighted by Crippen LogP contribution is 2.49. The fourth-order valence-electron chi connectivity index (χ4n) is 4.47. The Morgan fingerprint density at radius 3 is 2.53 bits per heavy atom. The molecule has 3 aromatic rings. The molecule has 3 aromatic carbocycles. The van der Waals surface area contributed by atoms with Crippen LogP contribution in [-0.2, 0) is 0 Å². The van der Waals surface area contributed by atoms with Gasteiger partial charge in [-0.1, -0.05) is 42.5 Å². The SMILES string of the molecule is O=[N+]([O-])c1ccc(C=Nc2ccc([C@@H]3Nc4ccccc4[C@H]4C=CC[C@@H]43)cc2)cc1. The van der Waals surface area contributed by atoms with Gasteiger partial charge in [0, 0.05) is 30.0 Å². The molecule has 0 amide bonds. The molecule has 0 spiro atoms. The fourth-order valence-corrected chi connectivity index (χ4v) is 4.47. The molecule has 5 heteroatoms. The lowest BCUT2D eigenvalue weighted by Crippen LogP contribution is -2.28. The number of hydrogen-bond donors (Lipinski definition) is 1. The van der Waals surface area contributed by atoms with E-state index in [1.54, 1.807) is 18.3 Å². The topological polar surface area (TPSA) is 67.5 Å². The number of benzene rings is 3. The Kier molecular flexibility index (Phi) is 4.64. The van der Waals surface area contributed by atoms with Gasteiger partial charge in [0.1, 0.15) is 0 Å². The Morgan fingerprint density at radius 2 is 1.77 bits per heavy atom. The molecule has 1 aliphatic carbocycles. The van der Waals surface area contributed by atoms with E-state index in [0.717, 1.165) is 17.7 Å². The highest BCUT2D eigenvalue weighted by Gasteiger charge is 2.37. The molecular weight excluding hydrogens is 374 g/mol. The van der Waals surface area contributed by atoms with E-state index >= 15 is 0 Å². The van der Waals surface area contributed by atoms with Crippen molar-refractivity contribution < 1.29 is 4.92 Å². The molecule has 148 valence electrons. The Hall–Kier alpha value is -3.73. The molecule has 1 aliphatic heterocycles. The van der Waals surface area contributed by atoms with Crippen LogP contribution in [0, 0.1) is 16.0 Å². The highest BCUT2D eigenvalue weighted by molar-refractivity contribution is 5.82. The van der Waals surface area contributed by atoms with Gasteiger partial charge in [-0.05, 0) is 59.4 Å². The van der Waals surface area contributed by atoms with Gasteiger partial charge in [0.05, 0.1) is 16.7 Å². The zero-order valence-electron chi connectivity index (χ0n) is 16.3. The van der Waals surface area contributed by atoms with Crippen LogP contribution in [0.15, 0.2) is 89.9 Å². The first-order chi connectivity index (χ1) is 14.7. The summed E-state index contributed by atoms with van der Waals surface area (Å²) in [6.07, 6.45) is 7.46. The molecule has 0 saturated heterocycles. The maximum absolute atomic E-state index is 10.8. The molecule has 3 atom stereocenters. The van der Waals surface area contributed by atoms with Crippen LogP contribution in [-0.4, -0.2) is 11.1 Å². The van der Waals surface area contributed by atoms with Crippen molar-refractivity contribution in [3.63, 3.8) is 0 Å². The molecule has 5 rings (SSSR count). The number of rotatable bonds is 4. The van der Waals surface area contributed by atoms with Crippen molar-refractivity contribution in [2.75, 3.05) is 5.32 Å². The number of nitrogens with zero attached hydrogens (tertiary/aromatic N) is 2. The van der Waals surface area contributed by atoms with Gasteiger partial charge in [-0.15, -0.1) is 0 Å². The fraction of sp³-hybridized carbons (Fsp3) is 0.160. The Labute approximate surface area is 174 Å². The monoisotopic (exact) mass is 395 g/mol. The number of para-hydroxylation sites is 1. The summed E-state index contributed by atoms with van der Waals surface area (Å²) in [6, 6.07) is 23.6. The van der Waals surface area contributed by atoms with Crippen molar-refractivity contribution >= 4 is 23.3 Å². The second-order valence-electron chi connectivity index (χ2n) is 7.76. The van der Waals surface area contributed by atoms with Crippen LogP contribution in [0.25, 0.3) is 0 Å². The van der Waals surface area contributed by atoms with E-state index in [1.165, 1.54) is 28.9 Å². The molecule has 1 heterocycles. The summed E-state index contributed by atoms with van der Waals surface area (Å²) < 4.78 is 0. The smallest absolute Gasteiger partial charge is 0.269 e. The number of nitrogens with one attached hydrogen (secondary N) is 1. The minimum atomic E-state index is -0.401. The molecule has 0 fully saturated rings. The Balaban J connectivity index is 1.34. The molecule has 5 nitrogen and oxygen atoms in total. The largest absolute Gasteiger partial charge is 0.378 e. The van der Waals surface area contributed by atoms with Gasteiger partial charge in [0.15, 0.2) is 0 Å². The predicted octanol–water partition coefficient (Wildman–Crippen LogP) is 6.17. The molecule has 1 N–H and O–H groups in total. The second kappa shape index (κ2) is 7.59. The van der Waals surface area contributed by atoms with Crippen molar-refractivity contribution in [1.29, 1.82) is 0 Å². The number of hydrogen-bond acceptors (Lipinski definition) is 4. The third-order valence-corrected chi connectivity index (χ3v) is 5.99. The van der Waals surface area contributed by atoms with E-state index in [0.29, 0.717) is 11.8 Å². The van der Waals surface area contributed by atoms with E-state index in [9.17, 15) is 10.1 Å². The highest BCUT2D eigenvalue weighted by atomic mass is 16.6. The lowest BCUT2D eigenvalue weighted by Gasteiger charge is -2.37. The summed E-state index contributed by atoms with van der Waals surface area (Å²) >= 11 is 0. The molecule has 0 radical (unpaired) electrons. The van der Waals surface area contributed by atoms with E-state index in [-0.39, 0.29) is 11.7 Å². The number of nitro benzene ring substituents is 1. The van der Waals surface area contributed by atoms with Crippen molar-refractivity contribution in [2.45, 2.75) is 18.4 Å². The minimum Gasteiger partial charge on any atom is -0.378 e. The Morgan fingerprint density at radius 1 is 1.00 bits per heavy atom. The maximum atomic E-state index is 10.8. The van der Waals surface area contributed by atoms with Gasteiger partial charge in [-0.2, -0.15) is 0 Å². The predicted molar refractivity (Wildman–Crippen MR) is 120 cm³/mol. The Bertz CT molecular complexity index is 1130. The zero-order valence-corrected chi connectivity index (χ0v) is 16.3. The number of fused-ring (bicyclic) bond motifs is 3. The lowest BCUT2D eigenvalue weighted by molar-refractivity contribution is -0.384. The average molecular weight is 395 g/mol. The van der Waals surface area contributed by atoms with Crippen LogP contribution in [0.1, 0.15) is 35.1 Å². The molecular formula is C25H21N3O2.